The van der Waals surface area contributed by atoms with Crippen LogP contribution in [0, 0.1) is 5.92 Å². The zero-order chi connectivity index (χ0) is 15.0. The summed E-state index contributed by atoms with van der Waals surface area (Å²) in [5.41, 5.74) is 1.30. The quantitative estimate of drug-likeness (QED) is 0.820. The molecule has 3 atom stereocenters. The Morgan fingerprint density at radius 1 is 1.43 bits per heavy atom. The molecule has 0 unspecified atom stereocenters. The van der Waals surface area contributed by atoms with Gasteiger partial charge in [0, 0.05) is 56.9 Å². The summed E-state index contributed by atoms with van der Waals surface area (Å²) in [4.78, 5) is 4.90. The van der Waals surface area contributed by atoms with Gasteiger partial charge in [-0.25, -0.2) is 0 Å². The third kappa shape index (κ3) is 3.47. The van der Waals surface area contributed by atoms with Crippen LogP contribution < -0.4 is 0 Å². The second-order valence-corrected chi connectivity index (χ2v) is 7.04. The van der Waals surface area contributed by atoms with E-state index in [0.717, 1.165) is 19.6 Å². The van der Waals surface area contributed by atoms with Gasteiger partial charge in [0.1, 0.15) is 0 Å². The Hall–Kier alpha value is -0.910. The average Bonchev–Trinajstić information content (AvgIpc) is 3.04. The van der Waals surface area contributed by atoms with Gasteiger partial charge in [0.25, 0.3) is 0 Å². The SMILES string of the molecule is CC(C)N(C)C[C@@H]1C[C@H]2CN(Cc3cnn(C)c3)C[C@H]2O1. The molecule has 2 fully saturated rings. The molecule has 3 heterocycles. The number of fused-ring (bicyclic) bond motifs is 1. The summed E-state index contributed by atoms with van der Waals surface area (Å²) >= 11 is 0. The van der Waals surface area contributed by atoms with Crippen molar-refractivity contribution in [3.8, 4) is 0 Å². The molecular formula is C16H28N4O. The molecule has 2 aliphatic heterocycles. The Bertz CT molecular complexity index is 459. The number of aromatic nitrogens is 2. The summed E-state index contributed by atoms with van der Waals surface area (Å²) in [5.74, 6) is 0.715. The van der Waals surface area contributed by atoms with Gasteiger partial charge in [-0.3, -0.25) is 9.58 Å². The minimum Gasteiger partial charge on any atom is -0.372 e. The van der Waals surface area contributed by atoms with Crippen LogP contribution in [0.15, 0.2) is 12.4 Å². The maximum Gasteiger partial charge on any atom is 0.0747 e. The molecule has 0 N–H and O–H groups in total. The molecule has 0 spiro atoms. The summed E-state index contributed by atoms with van der Waals surface area (Å²) < 4.78 is 8.15. The van der Waals surface area contributed by atoms with E-state index < -0.39 is 0 Å². The van der Waals surface area contributed by atoms with E-state index in [1.165, 1.54) is 18.5 Å². The average molecular weight is 292 g/mol. The minimum atomic E-state index is 0.424. The summed E-state index contributed by atoms with van der Waals surface area (Å²) in [6, 6.07) is 0.594. The molecule has 0 aromatic carbocycles. The fourth-order valence-corrected chi connectivity index (χ4v) is 3.54. The highest BCUT2D eigenvalue weighted by molar-refractivity contribution is 5.05. The fourth-order valence-electron chi connectivity index (χ4n) is 3.54. The predicted octanol–water partition coefficient (Wildman–Crippen LogP) is 1.35. The third-order valence-electron chi connectivity index (χ3n) is 4.93. The van der Waals surface area contributed by atoms with E-state index >= 15 is 0 Å². The van der Waals surface area contributed by atoms with E-state index in [0.29, 0.717) is 24.2 Å². The Kier molecular flexibility index (Phi) is 4.33. The largest absolute Gasteiger partial charge is 0.372 e. The summed E-state index contributed by atoms with van der Waals surface area (Å²) in [7, 11) is 4.16. The second-order valence-electron chi connectivity index (χ2n) is 7.04. The first kappa shape index (κ1) is 15.0. The molecule has 0 bridgehead atoms. The summed E-state index contributed by atoms with van der Waals surface area (Å²) in [6.45, 7) is 8.79. The van der Waals surface area contributed by atoms with Crippen molar-refractivity contribution in [2.24, 2.45) is 13.0 Å². The molecule has 118 valence electrons. The standard InChI is InChI=1S/C16H28N4O/c1-12(2)18(3)10-15-5-14-9-20(11-16(14)21-15)8-13-6-17-19(4)7-13/h6-7,12,14-16H,5,8-11H2,1-4H3/t14-,15-,16+/m0/s1. The maximum absolute atomic E-state index is 6.28. The zero-order valence-corrected chi connectivity index (χ0v) is 13.7. The van der Waals surface area contributed by atoms with Crippen LogP contribution in [0.2, 0.25) is 0 Å². The number of hydrogen-bond donors (Lipinski definition) is 0. The smallest absolute Gasteiger partial charge is 0.0747 e. The van der Waals surface area contributed by atoms with E-state index in [9.17, 15) is 0 Å². The van der Waals surface area contributed by atoms with Crippen LogP contribution >= 0.6 is 0 Å². The van der Waals surface area contributed by atoms with Gasteiger partial charge in [0.2, 0.25) is 0 Å². The number of aryl methyl sites for hydroxylation is 1. The van der Waals surface area contributed by atoms with Gasteiger partial charge in [0.05, 0.1) is 18.4 Å². The zero-order valence-electron chi connectivity index (χ0n) is 13.7. The molecule has 21 heavy (non-hydrogen) atoms. The fraction of sp³-hybridized carbons (Fsp3) is 0.812. The molecule has 1 aromatic rings. The van der Waals surface area contributed by atoms with Gasteiger partial charge in [-0.15, -0.1) is 0 Å². The Labute approximate surface area is 127 Å². The predicted molar refractivity (Wildman–Crippen MR) is 83.0 cm³/mol. The lowest BCUT2D eigenvalue weighted by molar-refractivity contribution is 0.0171. The van der Waals surface area contributed by atoms with E-state index in [1.54, 1.807) is 0 Å². The van der Waals surface area contributed by atoms with Crippen molar-refractivity contribution in [2.75, 3.05) is 26.7 Å². The molecule has 5 heteroatoms. The van der Waals surface area contributed by atoms with Crippen molar-refractivity contribution in [3.63, 3.8) is 0 Å². The second kappa shape index (κ2) is 6.07. The number of likely N-dealkylation sites (N-methyl/N-ethyl adjacent to an activating group) is 1. The van der Waals surface area contributed by atoms with E-state index in [1.807, 2.05) is 17.9 Å². The number of ether oxygens (including phenoxy) is 1. The number of hydrogen-bond acceptors (Lipinski definition) is 4. The van der Waals surface area contributed by atoms with Crippen LogP contribution in [0.4, 0.5) is 0 Å². The van der Waals surface area contributed by atoms with Crippen molar-refractivity contribution in [3.05, 3.63) is 18.0 Å². The Morgan fingerprint density at radius 3 is 2.86 bits per heavy atom. The first-order chi connectivity index (χ1) is 10.0. The highest BCUT2D eigenvalue weighted by Crippen LogP contribution is 2.33. The molecule has 0 saturated carbocycles. The van der Waals surface area contributed by atoms with Crippen LogP contribution in [0.3, 0.4) is 0 Å². The van der Waals surface area contributed by atoms with Crippen molar-refractivity contribution in [1.29, 1.82) is 0 Å². The minimum absolute atomic E-state index is 0.424. The first-order valence-electron chi connectivity index (χ1n) is 8.07. The van der Waals surface area contributed by atoms with Gasteiger partial charge in [0.15, 0.2) is 0 Å². The normalized spacial score (nSPS) is 29.7. The highest BCUT2D eigenvalue weighted by Gasteiger charge is 2.42. The molecule has 1 aromatic heterocycles. The van der Waals surface area contributed by atoms with Crippen molar-refractivity contribution in [1.82, 2.24) is 19.6 Å². The lowest BCUT2D eigenvalue weighted by Gasteiger charge is -2.25. The number of likely N-dealkylation sites (tertiary alicyclic amines) is 1. The van der Waals surface area contributed by atoms with Crippen LogP contribution in [-0.2, 0) is 18.3 Å². The lowest BCUT2D eigenvalue weighted by atomic mass is 10.0. The van der Waals surface area contributed by atoms with Gasteiger partial charge in [-0.2, -0.15) is 5.10 Å². The van der Waals surface area contributed by atoms with Crippen LogP contribution in [0.1, 0.15) is 25.8 Å². The summed E-state index contributed by atoms with van der Waals surface area (Å²) in [6.07, 6.45) is 6.15. The summed E-state index contributed by atoms with van der Waals surface area (Å²) in [5, 5.41) is 4.25. The monoisotopic (exact) mass is 292 g/mol. The van der Waals surface area contributed by atoms with Gasteiger partial charge in [-0.1, -0.05) is 0 Å². The molecule has 0 amide bonds. The van der Waals surface area contributed by atoms with E-state index in [2.05, 4.69) is 42.0 Å². The lowest BCUT2D eigenvalue weighted by Crippen LogP contribution is -2.35. The van der Waals surface area contributed by atoms with Gasteiger partial charge in [-0.05, 0) is 27.3 Å². The topological polar surface area (TPSA) is 33.5 Å². The maximum atomic E-state index is 6.28. The molecule has 2 saturated heterocycles. The molecule has 0 aliphatic carbocycles. The first-order valence-corrected chi connectivity index (χ1v) is 8.07. The van der Waals surface area contributed by atoms with Gasteiger partial charge < -0.3 is 9.64 Å². The number of rotatable bonds is 5. The highest BCUT2D eigenvalue weighted by atomic mass is 16.5. The van der Waals surface area contributed by atoms with Crippen LogP contribution in [0.5, 0.6) is 0 Å². The van der Waals surface area contributed by atoms with Crippen molar-refractivity contribution >= 4 is 0 Å². The molecule has 5 nitrogen and oxygen atoms in total. The molecule has 0 radical (unpaired) electrons. The Morgan fingerprint density at radius 2 is 2.24 bits per heavy atom. The van der Waals surface area contributed by atoms with Crippen LogP contribution in [-0.4, -0.2) is 64.5 Å². The van der Waals surface area contributed by atoms with Gasteiger partial charge >= 0.3 is 0 Å². The van der Waals surface area contributed by atoms with E-state index in [4.69, 9.17) is 4.74 Å². The molecule has 3 rings (SSSR count). The van der Waals surface area contributed by atoms with Crippen LogP contribution in [0.25, 0.3) is 0 Å². The molecule has 2 aliphatic rings. The Balaban J connectivity index is 1.47. The van der Waals surface area contributed by atoms with E-state index in [-0.39, 0.29) is 0 Å². The molecular weight excluding hydrogens is 264 g/mol. The number of nitrogens with zero attached hydrogens (tertiary/aromatic N) is 4. The van der Waals surface area contributed by atoms with Crippen molar-refractivity contribution < 1.29 is 4.74 Å². The third-order valence-corrected chi connectivity index (χ3v) is 4.93. The van der Waals surface area contributed by atoms with Crippen molar-refractivity contribution in [2.45, 2.75) is 45.1 Å².